The molecule has 0 aliphatic carbocycles. The van der Waals surface area contributed by atoms with Crippen molar-refractivity contribution in [1.29, 1.82) is 0 Å². The van der Waals surface area contributed by atoms with Gasteiger partial charge in [-0.3, -0.25) is 9.59 Å². The molecule has 4 heteroatoms. The van der Waals surface area contributed by atoms with Crippen LogP contribution in [0.4, 0.5) is 0 Å². The number of carbonyl (C=O) groups excluding carboxylic acids is 2. The van der Waals surface area contributed by atoms with Gasteiger partial charge in [0.05, 0.1) is 24.0 Å². The first-order valence-corrected chi connectivity index (χ1v) is 6.89. The number of ether oxygens (including phenoxy) is 2. The molecule has 0 unspecified atom stereocenters. The Morgan fingerprint density at radius 2 is 1.00 bits per heavy atom. The second kappa shape index (κ2) is 7.51. The summed E-state index contributed by atoms with van der Waals surface area (Å²) in [5.41, 5.74) is -0.884. The van der Waals surface area contributed by atoms with Crippen LogP contribution in [0.3, 0.4) is 0 Å². The summed E-state index contributed by atoms with van der Waals surface area (Å²) < 4.78 is 10.3. The Kier molecular flexibility index (Phi) is 7.09. The molecule has 112 valence electrons. The van der Waals surface area contributed by atoms with Gasteiger partial charge in [0.15, 0.2) is 0 Å². The van der Waals surface area contributed by atoms with Gasteiger partial charge in [-0.05, 0) is 60.8 Å². The maximum absolute atomic E-state index is 11.5. The van der Waals surface area contributed by atoms with Crippen LogP contribution in [-0.2, 0) is 19.1 Å². The molecule has 0 aromatic heterocycles. The molecule has 0 amide bonds. The lowest BCUT2D eigenvalue weighted by molar-refractivity contribution is -0.153. The summed E-state index contributed by atoms with van der Waals surface area (Å²) in [6.07, 6.45) is 2.48. The van der Waals surface area contributed by atoms with Gasteiger partial charge >= 0.3 is 11.9 Å². The minimum Gasteiger partial charge on any atom is -0.465 e. The van der Waals surface area contributed by atoms with Crippen molar-refractivity contribution in [2.24, 2.45) is 10.8 Å². The van der Waals surface area contributed by atoms with E-state index in [2.05, 4.69) is 0 Å². The van der Waals surface area contributed by atoms with Crippen molar-refractivity contribution in [1.82, 2.24) is 0 Å². The molecule has 0 fully saturated rings. The zero-order chi connectivity index (χ0) is 15.1. The van der Waals surface area contributed by atoms with E-state index in [1.165, 1.54) is 0 Å². The fraction of sp³-hybridized carbons (Fsp3) is 0.867. The Bertz CT molecular complexity index is 264. The number of hydrogen-bond donors (Lipinski definition) is 0. The Labute approximate surface area is 116 Å². The molecule has 0 heterocycles. The van der Waals surface area contributed by atoms with Crippen molar-refractivity contribution in [2.75, 3.05) is 13.2 Å². The Morgan fingerprint density at radius 3 is 1.26 bits per heavy atom. The number of unbranched alkanes of at least 4 members (excludes halogenated alkanes) is 2. The SMILES string of the molecule is CC(C)(C)C(=O)OCCCCCOC(=O)C(C)(C)C. The van der Waals surface area contributed by atoms with Gasteiger partial charge in [0.2, 0.25) is 0 Å². The highest BCUT2D eigenvalue weighted by molar-refractivity contribution is 5.75. The van der Waals surface area contributed by atoms with E-state index in [4.69, 9.17) is 9.47 Å². The molecule has 0 bridgehead atoms. The van der Waals surface area contributed by atoms with E-state index in [1.807, 2.05) is 41.5 Å². The minimum atomic E-state index is -0.442. The molecule has 0 rings (SSSR count). The van der Waals surface area contributed by atoms with Crippen LogP contribution in [0.25, 0.3) is 0 Å². The fourth-order valence-electron chi connectivity index (χ4n) is 1.14. The van der Waals surface area contributed by atoms with Gasteiger partial charge in [-0.25, -0.2) is 0 Å². The number of carbonyl (C=O) groups is 2. The van der Waals surface area contributed by atoms with Crippen molar-refractivity contribution in [3.63, 3.8) is 0 Å². The largest absolute Gasteiger partial charge is 0.465 e. The smallest absolute Gasteiger partial charge is 0.311 e. The Hall–Kier alpha value is -1.06. The lowest BCUT2D eigenvalue weighted by Crippen LogP contribution is -2.23. The van der Waals surface area contributed by atoms with Crippen molar-refractivity contribution in [2.45, 2.75) is 60.8 Å². The number of hydrogen-bond acceptors (Lipinski definition) is 4. The molecular weight excluding hydrogens is 244 g/mol. The zero-order valence-electron chi connectivity index (χ0n) is 13.2. The zero-order valence-corrected chi connectivity index (χ0v) is 13.2. The third kappa shape index (κ3) is 8.62. The van der Waals surface area contributed by atoms with Crippen LogP contribution in [0.5, 0.6) is 0 Å². The Balaban J connectivity index is 3.53. The maximum atomic E-state index is 11.5. The third-order valence-corrected chi connectivity index (χ3v) is 2.48. The van der Waals surface area contributed by atoms with Gasteiger partial charge in [-0.15, -0.1) is 0 Å². The normalized spacial score (nSPS) is 12.1. The number of rotatable bonds is 6. The average molecular weight is 272 g/mol. The topological polar surface area (TPSA) is 52.6 Å². The molecule has 0 radical (unpaired) electrons. The van der Waals surface area contributed by atoms with Gasteiger partial charge in [-0.2, -0.15) is 0 Å². The summed E-state index contributed by atoms with van der Waals surface area (Å²) >= 11 is 0. The van der Waals surface area contributed by atoms with E-state index < -0.39 is 10.8 Å². The van der Waals surface area contributed by atoms with Gasteiger partial charge in [0.1, 0.15) is 0 Å². The second-order valence-electron chi connectivity index (χ2n) is 6.83. The molecule has 0 aromatic carbocycles. The lowest BCUT2D eigenvalue weighted by atomic mass is 9.97. The van der Waals surface area contributed by atoms with Crippen LogP contribution in [0.15, 0.2) is 0 Å². The highest BCUT2D eigenvalue weighted by atomic mass is 16.5. The van der Waals surface area contributed by atoms with E-state index in [-0.39, 0.29) is 11.9 Å². The average Bonchev–Trinajstić information content (AvgIpc) is 2.24. The lowest BCUT2D eigenvalue weighted by Gasteiger charge is -2.17. The monoisotopic (exact) mass is 272 g/mol. The van der Waals surface area contributed by atoms with Gasteiger partial charge in [0.25, 0.3) is 0 Å². The molecule has 0 aliphatic rings. The van der Waals surface area contributed by atoms with E-state index >= 15 is 0 Å². The summed E-state index contributed by atoms with van der Waals surface area (Å²) in [7, 11) is 0. The predicted molar refractivity (Wildman–Crippen MR) is 74.7 cm³/mol. The van der Waals surface area contributed by atoms with Crippen LogP contribution in [-0.4, -0.2) is 25.2 Å². The highest BCUT2D eigenvalue weighted by Crippen LogP contribution is 2.16. The van der Waals surface area contributed by atoms with Crippen molar-refractivity contribution in [3.05, 3.63) is 0 Å². The highest BCUT2D eigenvalue weighted by Gasteiger charge is 2.23. The first-order chi connectivity index (χ1) is 8.55. The molecule has 0 atom stereocenters. The molecular formula is C15H28O4. The summed E-state index contributed by atoms with van der Waals surface area (Å²) in [6, 6.07) is 0. The van der Waals surface area contributed by atoms with Crippen molar-refractivity contribution in [3.8, 4) is 0 Å². The third-order valence-electron chi connectivity index (χ3n) is 2.48. The fourth-order valence-corrected chi connectivity index (χ4v) is 1.14. The van der Waals surface area contributed by atoms with Crippen LogP contribution < -0.4 is 0 Å². The summed E-state index contributed by atoms with van der Waals surface area (Å²) in [5, 5.41) is 0. The first kappa shape index (κ1) is 17.9. The minimum absolute atomic E-state index is 0.174. The first-order valence-electron chi connectivity index (χ1n) is 6.89. The van der Waals surface area contributed by atoms with Crippen LogP contribution >= 0.6 is 0 Å². The van der Waals surface area contributed by atoms with E-state index in [9.17, 15) is 9.59 Å². The Morgan fingerprint density at radius 1 is 0.684 bits per heavy atom. The number of esters is 2. The van der Waals surface area contributed by atoms with Gasteiger partial charge in [0, 0.05) is 0 Å². The molecule has 0 spiro atoms. The summed E-state index contributed by atoms with van der Waals surface area (Å²) in [5.74, 6) is -0.349. The van der Waals surface area contributed by atoms with Crippen LogP contribution in [0.1, 0.15) is 60.8 Å². The molecule has 4 nitrogen and oxygen atoms in total. The van der Waals surface area contributed by atoms with E-state index in [1.54, 1.807) is 0 Å². The standard InChI is InChI=1S/C15H28O4/c1-14(2,3)12(16)18-10-8-7-9-11-19-13(17)15(4,5)6/h7-11H2,1-6H3. The van der Waals surface area contributed by atoms with Crippen LogP contribution in [0, 0.1) is 10.8 Å². The van der Waals surface area contributed by atoms with E-state index in [0.29, 0.717) is 13.2 Å². The summed E-state index contributed by atoms with van der Waals surface area (Å²) in [6.45, 7) is 11.9. The quantitative estimate of drug-likeness (QED) is 0.549. The van der Waals surface area contributed by atoms with Crippen LogP contribution in [0.2, 0.25) is 0 Å². The second-order valence-corrected chi connectivity index (χ2v) is 6.83. The van der Waals surface area contributed by atoms with Gasteiger partial charge in [-0.1, -0.05) is 0 Å². The van der Waals surface area contributed by atoms with Crippen molar-refractivity contribution < 1.29 is 19.1 Å². The van der Waals surface area contributed by atoms with Gasteiger partial charge < -0.3 is 9.47 Å². The summed E-state index contributed by atoms with van der Waals surface area (Å²) in [4.78, 5) is 22.9. The predicted octanol–water partition coefficient (Wildman–Crippen LogP) is 3.34. The maximum Gasteiger partial charge on any atom is 0.311 e. The molecule has 0 saturated heterocycles. The molecule has 0 aromatic rings. The van der Waals surface area contributed by atoms with E-state index in [0.717, 1.165) is 19.3 Å². The van der Waals surface area contributed by atoms with Crippen molar-refractivity contribution >= 4 is 11.9 Å². The molecule has 0 saturated carbocycles. The molecule has 0 N–H and O–H groups in total. The molecule has 19 heavy (non-hydrogen) atoms. The molecule has 0 aliphatic heterocycles.